The SMILES string of the molecule is NC(c1ccc(Cl)cc1)c1coc2ccccc12. The average Bonchev–Trinajstić information content (AvgIpc) is 2.82. The Kier molecular flexibility index (Phi) is 2.82. The monoisotopic (exact) mass is 257 g/mol. The normalized spacial score (nSPS) is 12.8. The van der Waals surface area contributed by atoms with Crippen molar-refractivity contribution in [3.05, 3.63) is 70.9 Å². The van der Waals surface area contributed by atoms with Crippen LogP contribution >= 0.6 is 11.6 Å². The second-order valence-corrected chi connectivity index (χ2v) is 4.65. The van der Waals surface area contributed by atoms with Crippen LogP contribution in [0.15, 0.2) is 59.2 Å². The van der Waals surface area contributed by atoms with E-state index in [-0.39, 0.29) is 6.04 Å². The van der Waals surface area contributed by atoms with Crippen LogP contribution < -0.4 is 5.73 Å². The van der Waals surface area contributed by atoms with E-state index in [1.54, 1.807) is 6.26 Å². The van der Waals surface area contributed by atoms with Crippen LogP contribution in [0, 0.1) is 0 Å². The summed E-state index contributed by atoms with van der Waals surface area (Å²) in [4.78, 5) is 0. The van der Waals surface area contributed by atoms with Gasteiger partial charge in [-0.1, -0.05) is 41.9 Å². The van der Waals surface area contributed by atoms with Gasteiger partial charge in [0.1, 0.15) is 5.58 Å². The molecule has 0 bridgehead atoms. The first-order valence-corrected chi connectivity index (χ1v) is 6.10. The Morgan fingerprint density at radius 2 is 1.72 bits per heavy atom. The Morgan fingerprint density at radius 3 is 2.50 bits per heavy atom. The van der Waals surface area contributed by atoms with Crippen molar-refractivity contribution in [2.24, 2.45) is 5.73 Å². The molecule has 2 nitrogen and oxygen atoms in total. The van der Waals surface area contributed by atoms with Gasteiger partial charge < -0.3 is 10.2 Å². The van der Waals surface area contributed by atoms with Crippen LogP contribution in [0.4, 0.5) is 0 Å². The second-order valence-electron chi connectivity index (χ2n) is 4.22. The van der Waals surface area contributed by atoms with Crippen molar-refractivity contribution in [2.75, 3.05) is 0 Å². The summed E-state index contributed by atoms with van der Waals surface area (Å²) in [6, 6.07) is 15.3. The molecule has 0 saturated carbocycles. The molecule has 2 aromatic carbocycles. The zero-order chi connectivity index (χ0) is 12.5. The highest BCUT2D eigenvalue weighted by Crippen LogP contribution is 2.29. The van der Waals surface area contributed by atoms with Crippen molar-refractivity contribution in [3.8, 4) is 0 Å². The van der Waals surface area contributed by atoms with Crippen molar-refractivity contribution in [1.82, 2.24) is 0 Å². The number of fused-ring (bicyclic) bond motifs is 1. The Morgan fingerprint density at radius 1 is 1.00 bits per heavy atom. The fraction of sp³-hybridized carbons (Fsp3) is 0.0667. The van der Waals surface area contributed by atoms with Gasteiger partial charge in [-0.25, -0.2) is 0 Å². The van der Waals surface area contributed by atoms with E-state index < -0.39 is 0 Å². The van der Waals surface area contributed by atoms with Crippen molar-refractivity contribution < 1.29 is 4.42 Å². The number of para-hydroxylation sites is 1. The van der Waals surface area contributed by atoms with E-state index >= 15 is 0 Å². The van der Waals surface area contributed by atoms with Gasteiger partial charge in [0.2, 0.25) is 0 Å². The smallest absolute Gasteiger partial charge is 0.134 e. The van der Waals surface area contributed by atoms with Gasteiger partial charge in [0.05, 0.1) is 12.3 Å². The summed E-state index contributed by atoms with van der Waals surface area (Å²) >= 11 is 5.88. The fourth-order valence-corrected chi connectivity index (χ4v) is 2.21. The predicted molar refractivity (Wildman–Crippen MR) is 73.7 cm³/mol. The molecule has 0 aliphatic rings. The topological polar surface area (TPSA) is 39.2 Å². The lowest BCUT2D eigenvalue weighted by atomic mass is 9.99. The zero-order valence-corrected chi connectivity index (χ0v) is 10.4. The summed E-state index contributed by atoms with van der Waals surface area (Å²) in [5.41, 5.74) is 9.14. The molecular weight excluding hydrogens is 246 g/mol. The van der Waals surface area contributed by atoms with Crippen molar-refractivity contribution in [2.45, 2.75) is 6.04 Å². The lowest BCUT2D eigenvalue weighted by molar-refractivity contribution is 0.607. The lowest BCUT2D eigenvalue weighted by Gasteiger charge is -2.10. The number of furan rings is 1. The van der Waals surface area contributed by atoms with E-state index in [1.165, 1.54) is 0 Å². The number of hydrogen-bond donors (Lipinski definition) is 1. The number of benzene rings is 2. The van der Waals surface area contributed by atoms with Gasteiger partial charge >= 0.3 is 0 Å². The van der Waals surface area contributed by atoms with Crippen LogP contribution in [-0.2, 0) is 0 Å². The highest BCUT2D eigenvalue weighted by molar-refractivity contribution is 6.30. The standard InChI is InChI=1S/C15H12ClNO/c16-11-7-5-10(6-8-11)15(17)13-9-18-14-4-2-1-3-12(13)14/h1-9,15H,17H2. The maximum atomic E-state index is 6.27. The molecule has 0 spiro atoms. The zero-order valence-electron chi connectivity index (χ0n) is 9.64. The lowest BCUT2D eigenvalue weighted by Crippen LogP contribution is -2.10. The van der Waals surface area contributed by atoms with Gasteiger partial charge in [-0.05, 0) is 23.8 Å². The van der Waals surface area contributed by atoms with Crippen LogP contribution in [-0.4, -0.2) is 0 Å². The van der Waals surface area contributed by atoms with Crippen molar-refractivity contribution >= 4 is 22.6 Å². The highest BCUT2D eigenvalue weighted by atomic mass is 35.5. The van der Waals surface area contributed by atoms with Crippen LogP contribution in [0.25, 0.3) is 11.0 Å². The second kappa shape index (κ2) is 4.48. The number of halogens is 1. The molecular formula is C15H12ClNO. The average molecular weight is 258 g/mol. The van der Waals surface area contributed by atoms with E-state index in [2.05, 4.69) is 0 Å². The van der Waals surface area contributed by atoms with E-state index in [0.29, 0.717) is 5.02 Å². The van der Waals surface area contributed by atoms with Gasteiger partial charge in [0, 0.05) is 16.0 Å². The third-order valence-electron chi connectivity index (χ3n) is 3.08. The number of nitrogens with two attached hydrogens (primary N) is 1. The molecule has 18 heavy (non-hydrogen) atoms. The van der Waals surface area contributed by atoms with Crippen molar-refractivity contribution in [3.63, 3.8) is 0 Å². The van der Waals surface area contributed by atoms with Crippen LogP contribution in [0.1, 0.15) is 17.2 Å². The third-order valence-corrected chi connectivity index (χ3v) is 3.33. The summed E-state index contributed by atoms with van der Waals surface area (Å²) in [5.74, 6) is 0. The molecule has 0 aliphatic heterocycles. The Hall–Kier alpha value is -1.77. The molecule has 3 aromatic rings. The van der Waals surface area contributed by atoms with Crippen LogP contribution in [0.2, 0.25) is 5.02 Å². The minimum absolute atomic E-state index is 0.203. The Balaban J connectivity index is 2.06. The summed E-state index contributed by atoms with van der Waals surface area (Å²) in [7, 11) is 0. The molecule has 1 heterocycles. The largest absolute Gasteiger partial charge is 0.464 e. The van der Waals surface area contributed by atoms with Gasteiger partial charge in [-0.2, -0.15) is 0 Å². The molecule has 1 aromatic heterocycles. The van der Waals surface area contributed by atoms with Gasteiger partial charge in [0.25, 0.3) is 0 Å². The molecule has 1 unspecified atom stereocenters. The maximum Gasteiger partial charge on any atom is 0.134 e. The first-order chi connectivity index (χ1) is 8.75. The molecule has 0 aliphatic carbocycles. The minimum atomic E-state index is -0.203. The molecule has 2 N–H and O–H groups in total. The first-order valence-electron chi connectivity index (χ1n) is 5.73. The summed E-state index contributed by atoms with van der Waals surface area (Å²) in [6.45, 7) is 0. The van der Waals surface area contributed by atoms with Crippen molar-refractivity contribution in [1.29, 1.82) is 0 Å². The quantitative estimate of drug-likeness (QED) is 0.750. The number of hydrogen-bond acceptors (Lipinski definition) is 2. The number of rotatable bonds is 2. The van der Waals surface area contributed by atoms with E-state index in [1.807, 2.05) is 48.5 Å². The molecule has 3 rings (SSSR count). The first kappa shape index (κ1) is 11.3. The molecule has 3 heteroatoms. The molecule has 90 valence electrons. The third kappa shape index (κ3) is 1.90. The van der Waals surface area contributed by atoms with E-state index in [4.69, 9.17) is 21.8 Å². The molecule has 0 fully saturated rings. The fourth-order valence-electron chi connectivity index (χ4n) is 2.09. The minimum Gasteiger partial charge on any atom is -0.464 e. The summed E-state index contributed by atoms with van der Waals surface area (Å²) in [5, 5.41) is 1.77. The van der Waals surface area contributed by atoms with Gasteiger partial charge in [0.15, 0.2) is 0 Å². The predicted octanol–water partition coefficient (Wildman–Crippen LogP) is 4.13. The summed E-state index contributed by atoms with van der Waals surface area (Å²) in [6.07, 6.45) is 1.73. The highest BCUT2D eigenvalue weighted by Gasteiger charge is 2.14. The molecule has 0 saturated heterocycles. The van der Waals surface area contributed by atoms with Gasteiger partial charge in [-0.15, -0.1) is 0 Å². The Bertz CT molecular complexity index is 672. The molecule has 0 radical (unpaired) electrons. The van der Waals surface area contributed by atoms with E-state index in [9.17, 15) is 0 Å². The van der Waals surface area contributed by atoms with E-state index in [0.717, 1.165) is 22.1 Å². The molecule has 1 atom stereocenters. The Labute approximate surface area is 110 Å². The van der Waals surface area contributed by atoms with Crippen LogP contribution in [0.5, 0.6) is 0 Å². The van der Waals surface area contributed by atoms with Crippen LogP contribution in [0.3, 0.4) is 0 Å². The molecule has 0 amide bonds. The summed E-state index contributed by atoms with van der Waals surface area (Å²) < 4.78 is 5.51. The van der Waals surface area contributed by atoms with Gasteiger partial charge in [-0.3, -0.25) is 0 Å². The maximum absolute atomic E-state index is 6.27.